The lowest BCUT2D eigenvalue weighted by atomic mass is 9.97. The molecule has 0 spiro atoms. The zero-order valence-electron chi connectivity index (χ0n) is 10.1. The Morgan fingerprint density at radius 3 is 2.44 bits per heavy atom. The standard InChI is InChI=1S/C13H17F3N2/c14-13(15,16)11-3-5-12(6-4-11)18-7-1-2-10(8-17)9-18/h3-6,10H,1-2,7-9,17H2/t10-/m0/s1. The third-order valence-electron chi connectivity index (χ3n) is 3.41. The zero-order valence-corrected chi connectivity index (χ0v) is 10.1. The molecule has 1 aliphatic heterocycles. The van der Waals surface area contributed by atoms with Crippen LogP contribution in [0.4, 0.5) is 18.9 Å². The summed E-state index contributed by atoms with van der Waals surface area (Å²) < 4.78 is 37.3. The van der Waals surface area contributed by atoms with Gasteiger partial charge in [0, 0.05) is 18.8 Å². The number of hydrogen-bond donors (Lipinski definition) is 1. The Morgan fingerprint density at radius 2 is 1.89 bits per heavy atom. The number of alkyl halides is 3. The predicted octanol–water partition coefficient (Wildman–Crippen LogP) is 2.88. The van der Waals surface area contributed by atoms with E-state index in [0.717, 1.165) is 43.8 Å². The van der Waals surface area contributed by atoms with E-state index in [1.54, 1.807) is 12.1 Å². The normalized spacial score (nSPS) is 21.1. The van der Waals surface area contributed by atoms with Gasteiger partial charge in [-0.3, -0.25) is 0 Å². The molecular formula is C13H17F3N2. The maximum atomic E-state index is 12.4. The van der Waals surface area contributed by atoms with E-state index in [9.17, 15) is 13.2 Å². The van der Waals surface area contributed by atoms with Crippen molar-refractivity contribution in [1.29, 1.82) is 0 Å². The molecule has 0 saturated carbocycles. The van der Waals surface area contributed by atoms with Crippen molar-refractivity contribution in [2.75, 3.05) is 24.5 Å². The third kappa shape index (κ3) is 2.96. The van der Waals surface area contributed by atoms with Crippen LogP contribution in [-0.4, -0.2) is 19.6 Å². The van der Waals surface area contributed by atoms with Crippen molar-refractivity contribution in [2.24, 2.45) is 11.7 Å². The fourth-order valence-corrected chi connectivity index (χ4v) is 2.35. The second-order valence-corrected chi connectivity index (χ2v) is 4.73. The summed E-state index contributed by atoms with van der Waals surface area (Å²) in [5.74, 6) is 0.445. The SMILES string of the molecule is NC[C@@H]1CCCN(c2ccc(C(F)(F)F)cc2)C1. The Labute approximate surface area is 105 Å². The molecule has 1 aliphatic rings. The average molecular weight is 258 g/mol. The number of benzene rings is 1. The van der Waals surface area contributed by atoms with E-state index in [4.69, 9.17) is 5.73 Å². The van der Waals surface area contributed by atoms with Gasteiger partial charge < -0.3 is 10.6 Å². The summed E-state index contributed by atoms with van der Waals surface area (Å²) in [5, 5.41) is 0. The van der Waals surface area contributed by atoms with Crippen molar-refractivity contribution >= 4 is 5.69 Å². The van der Waals surface area contributed by atoms with E-state index >= 15 is 0 Å². The van der Waals surface area contributed by atoms with Crippen LogP contribution in [0.1, 0.15) is 18.4 Å². The minimum Gasteiger partial charge on any atom is -0.371 e. The molecule has 0 amide bonds. The Balaban J connectivity index is 2.09. The minimum atomic E-state index is -4.26. The molecule has 1 saturated heterocycles. The first-order chi connectivity index (χ1) is 8.50. The Morgan fingerprint density at radius 1 is 1.22 bits per heavy atom. The largest absolute Gasteiger partial charge is 0.416 e. The third-order valence-corrected chi connectivity index (χ3v) is 3.41. The van der Waals surface area contributed by atoms with Gasteiger partial charge in [0.05, 0.1) is 5.56 Å². The molecule has 1 fully saturated rings. The molecule has 0 aliphatic carbocycles. The molecule has 0 bridgehead atoms. The number of anilines is 1. The highest BCUT2D eigenvalue weighted by molar-refractivity contribution is 5.48. The van der Waals surface area contributed by atoms with Crippen LogP contribution in [-0.2, 0) is 6.18 Å². The molecule has 2 nitrogen and oxygen atoms in total. The lowest BCUT2D eigenvalue weighted by molar-refractivity contribution is -0.137. The van der Waals surface area contributed by atoms with Crippen LogP contribution in [0.3, 0.4) is 0 Å². The van der Waals surface area contributed by atoms with Crippen LogP contribution in [0.25, 0.3) is 0 Å². The molecule has 1 heterocycles. The maximum Gasteiger partial charge on any atom is 0.416 e. The highest BCUT2D eigenvalue weighted by Gasteiger charge is 2.30. The second kappa shape index (κ2) is 5.18. The monoisotopic (exact) mass is 258 g/mol. The molecule has 1 aromatic rings. The lowest BCUT2D eigenvalue weighted by Crippen LogP contribution is -2.38. The van der Waals surface area contributed by atoms with Gasteiger partial charge in [-0.1, -0.05) is 0 Å². The van der Waals surface area contributed by atoms with Gasteiger partial charge in [-0.15, -0.1) is 0 Å². The van der Waals surface area contributed by atoms with Crippen molar-refractivity contribution in [2.45, 2.75) is 19.0 Å². The Hall–Kier alpha value is -1.23. The first kappa shape index (κ1) is 13.2. The van der Waals surface area contributed by atoms with E-state index in [0.29, 0.717) is 12.5 Å². The van der Waals surface area contributed by atoms with E-state index in [1.807, 2.05) is 0 Å². The van der Waals surface area contributed by atoms with Crippen LogP contribution in [0, 0.1) is 5.92 Å². The van der Waals surface area contributed by atoms with Crippen LogP contribution in [0.2, 0.25) is 0 Å². The maximum absolute atomic E-state index is 12.4. The quantitative estimate of drug-likeness (QED) is 0.883. The van der Waals surface area contributed by atoms with E-state index in [2.05, 4.69) is 4.90 Å². The fraction of sp³-hybridized carbons (Fsp3) is 0.538. The first-order valence-electron chi connectivity index (χ1n) is 6.13. The highest BCUT2D eigenvalue weighted by atomic mass is 19.4. The number of nitrogens with zero attached hydrogens (tertiary/aromatic N) is 1. The van der Waals surface area contributed by atoms with Gasteiger partial charge in [-0.25, -0.2) is 0 Å². The lowest BCUT2D eigenvalue weighted by Gasteiger charge is -2.34. The summed E-state index contributed by atoms with van der Waals surface area (Å²) in [6, 6.07) is 5.37. The smallest absolute Gasteiger partial charge is 0.371 e. The van der Waals surface area contributed by atoms with Gasteiger partial charge >= 0.3 is 6.18 Å². The van der Waals surface area contributed by atoms with Gasteiger partial charge in [0.2, 0.25) is 0 Å². The summed E-state index contributed by atoms with van der Waals surface area (Å²) in [6.45, 7) is 2.36. The number of hydrogen-bond acceptors (Lipinski definition) is 2. The van der Waals surface area contributed by atoms with Crippen LogP contribution in [0.5, 0.6) is 0 Å². The van der Waals surface area contributed by atoms with Gasteiger partial charge in [-0.2, -0.15) is 13.2 Å². The van der Waals surface area contributed by atoms with Crippen LogP contribution in [0.15, 0.2) is 24.3 Å². The zero-order chi connectivity index (χ0) is 13.2. The minimum absolute atomic E-state index is 0.445. The molecule has 1 aromatic carbocycles. The van der Waals surface area contributed by atoms with Gasteiger partial charge in [0.25, 0.3) is 0 Å². The van der Waals surface area contributed by atoms with Crippen molar-refractivity contribution in [3.63, 3.8) is 0 Å². The molecule has 2 rings (SSSR count). The summed E-state index contributed by atoms with van der Waals surface area (Å²) in [4.78, 5) is 2.11. The molecule has 5 heteroatoms. The molecule has 2 N–H and O–H groups in total. The van der Waals surface area contributed by atoms with Crippen LogP contribution >= 0.6 is 0 Å². The molecule has 100 valence electrons. The summed E-state index contributed by atoms with van der Waals surface area (Å²) >= 11 is 0. The summed E-state index contributed by atoms with van der Waals surface area (Å²) in [6.07, 6.45) is -2.11. The van der Waals surface area contributed by atoms with Crippen molar-refractivity contribution < 1.29 is 13.2 Å². The Kier molecular flexibility index (Phi) is 3.80. The van der Waals surface area contributed by atoms with Crippen molar-refractivity contribution in [3.8, 4) is 0 Å². The molecule has 0 aromatic heterocycles. The van der Waals surface area contributed by atoms with Gasteiger partial charge in [0.1, 0.15) is 0 Å². The number of rotatable bonds is 2. The van der Waals surface area contributed by atoms with Crippen molar-refractivity contribution in [1.82, 2.24) is 0 Å². The first-order valence-corrected chi connectivity index (χ1v) is 6.13. The highest BCUT2D eigenvalue weighted by Crippen LogP contribution is 2.31. The van der Waals surface area contributed by atoms with Gasteiger partial charge in [0.15, 0.2) is 0 Å². The van der Waals surface area contributed by atoms with Gasteiger partial charge in [-0.05, 0) is 49.6 Å². The molecule has 18 heavy (non-hydrogen) atoms. The van der Waals surface area contributed by atoms with E-state index in [-0.39, 0.29) is 0 Å². The number of piperidine rings is 1. The molecular weight excluding hydrogens is 241 g/mol. The average Bonchev–Trinajstić information content (AvgIpc) is 2.38. The predicted molar refractivity (Wildman–Crippen MR) is 65.4 cm³/mol. The topological polar surface area (TPSA) is 29.3 Å². The van der Waals surface area contributed by atoms with E-state index < -0.39 is 11.7 Å². The molecule has 0 unspecified atom stereocenters. The second-order valence-electron chi connectivity index (χ2n) is 4.73. The van der Waals surface area contributed by atoms with Crippen molar-refractivity contribution in [3.05, 3.63) is 29.8 Å². The fourth-order valence-electron chi connectivity index (χ4n) is 2.35. The molecule has 1 atom stereocenters. The Bertz CT molecular complexity index is 386. The summed E-state index contributed by atoms with van der Waals surface area (Å²) in [7, 11) is 0. The summed E-state index contributed by atoms with van der Waals surface area (Å²) in [5.41, 5.74) is 5.90. The number of halogens is 3. The number of nitrogens with two attached hydrogens (primary N) is 1. The van der Waals surface area contributed by atoms with E-state index in [1.165, 1.54) is 0 Å². The van der Waals surface area contributed by atoms with Crippen LogP contribution < -0.4 is 10.6 Å². The molecule has 0 radical (unpaired) electrons.